The maximum absolute atomic E-state index is 10.8. The lowest BCUT2D eigenvalue weighted by molar-refractivity contribution is 0.595. The minimum Gasteiger partial charge on any atom is -0.369 e. The van der Waals surface area contributed by atoms with Crippen molar-refractivity contribution in [3.8, 4) is 0 Å². The van der Waals surface area contributed by atoms with Crippen LogP contribution in [-0.2, 0) is 10.0 Å². The summed E-state index contributed by atoms with van der Waals surface area (Å²) in [6.07, 6.45) is 0.371. The van der Waals surface area contributed by atoms with Crippen molar-refractivity contribution in [3.63, 3.8) is 0 Å². The molecule has 1 aromatic rings. The molecule has 0 radical (unpaired) electrons. The second-order valence-corrected chi connectivity index (χ2v) is 6.38. The average molecular weight is 327 g/mol. The second kappa shape index (κ2) is 7.14. The molecular weight excluding hydrogens is 311 g/mol. The minimum atomic E-state index is -3.44. The number of sulfonamides is 1. The first-order valence-corrected chi connectivity index (χ1v) is 8.15. The molecule has 108 valence electrons. The molecule has 0 unspecified atom stereocenters. The van der Waals surface area contributed by atoms with Gasteiger partial charge >= 0.3 is 0 Å². The zero-order chi connectivity index (χ0) is 14.5. The second-order valence-electron chi connectivity index (χ2n) is 3.83. The summed E-state index contributed by atoms with van der Waals surface area (Å²) in [6.45, 7) is 3.00. The maximum atomic E-state index is 10.8. The summed E-state index contributed by atoms with van der Waals surface area (Å²) in [4.78, 5) is 4.23. The molecule has 0 aliphatic heterocycles. The first-order chi connectivity index (χ1) is 8.83. The van der Waals surface area contributed by atoms with E-state index in [1.165, 1.54) is 0 Å². The Bertz CT molecular complexity index is 537. The summed E-state index contributed by atoms with van der Waals surface area (Å²) in [5.41, 5.74) is 0. The normalized spacial score (nSPS) is 11.4. The number of halogens is 2. The molecule has 0 atom stereocenters. The van der Waals surface area contributed by atoms with Crippen LogP contribution in [0.2, 0.25) is 10.0 Å². The van der Waals surface area contributed by atoms with Crippen LogP contribution in [0.25, 0.3) is 0 Å². The number of pyridine rings is 1. The van der Waals surface area contributed by atoms with Gasteiger partial charge in [0, 0.05) is 13.1 Å². The van der Waals surface area contributed by atoms with E-state index >= 15 is 0 Å². The van der Waals surface area contributed by atoms with Crippen LogP contribution >= 0.6 is 23.2 Å². The first-order valence-electron chi connectivity index (χ1n) is 5.67. The summed E-state index contributed by atoms with van der Waals surface area (Å²) in [5.74, 6) is 0.893. The smallest absolute Gasteiger partial charge is 0.209 e. The van der Waals surface area contributed by atoms with Gasteiger partial charge in [0.1, 0.15) is 11.6 Å². The van der Waals surface area contributed by atoms with E-state index in [1.54, 1.807) is 6.07 Å². The SMILES string of the molecule is CCNc1nc(NCCCS(N)(=O)=O)c(Cl)cc1Cl. The van der Waals surface area contributed by atoms with Crippen LogP contribution < -0.4 is 15.8 Å². The number of hydrogen-bond acceptors (Lipinski definition) is 5. The van der Waals surface area contributed by atoms with Crippen LogP contribution in [0, 0.1) is 0 Å². The molecule has 0 fully saturated rings. The van der Waals surface area contributed by atoms with Crippen molar-refractivity contribution in [3.05, 3.63) is 16.1 Å². The van der Waals surface area contributed by atoms with Crippen molar-refractivity contribution >= 4 is 44.9 Å². The molecule has 0 saturated heterocycles. The van der Waals surface area contributed by atoms with Crippen LogP contribution in [0.4, 0.5) is 11.6 Å². The summed E-state index contributed by atoms with van der Waals surface area (Å²) in [6, 6.07) is 1.58. The van der Waals surface area contributed by atoms with Crippen LogP contribution in [0.3, 0.4) is 0 Å². The fourth-order valence-electron chi connectivity index (χ4n) is 1.36. The van der Waals surface area contributed by atoms with Gasteiger partial charge in [0.05, 0.1) is 15.8 Å². The van der Waals surface area contributed by atoms with Crippen molar-refractivity contribution in [1.29, 1.82) is 0 Å². The molecule has 0 bridgehead atoms. The highest BCUT2D eigenvalue weighted by Gasteiger charge is 2.09. The Hall–Kier alpha value is -0.760. The molecule has 0 saturated carbocycles. The van der Waals surface area contributed by atoms with Gasteiger partial charge < -0.3 is 10.6 Å². The van der Waals surface area contributed by atoms with Crippen molar-refractivity contribution in [2.45, 2.75) is 13.3 Å². The zero-order valence-electron chi connectivity index (χ0n) is 10.4. The predicted octanol–water partition coefficient (Wildman–Crippen LogP) is 1.91. The number of anilines is 2. The van der Waals surface area contributed by atoms with E-state index < -0.39 is 10.0 Å². The first kappa shape index (κ1) is 16.3. The topological polar surface area (TPSA) is 97.1 Å². The molecule has 6 nitrogen and oxygen atoms in total. The lowest BCUT2D eigenvalue weighted by Gasteiger charge is -2.11. The molecular formula is C10H16Cl2N4O2S. The number of nitrogens with one attached hydrogen (secondary N) is 2. The van der Waals surface area contributed by atoms with E-state index in [0.717, 1.165) is 0 Å². The molecule has 0 aliphatic carbocycles. The Balaban J connectivity index is 2.65. The molecule has 1 rings (SSSR count). The Kier molecular flexibility index (Phi) is 6.12. The zero-order valence-corrected chi connectivity index (χ0v) is 12.7. The number of nitrogens with zero attached hydrogens (tertiary/aromatic N) is 1. The fraction of sp³-hybridized carbons (Fsp3) is 0.500. The Labute approximate surface area is 122 Å². The van der Waals surface area contributed by atoms with Gasteiger partial charge in [-0.2, -0.15) is 0 Å². The van der Waals surface area contributed by atoms with E-state index in [1.807, 2.05) is 6.92 Å². The Morgan fingerprint density at radius 1 is 1.26 bits per heavy atom. The van der Waals surface area contributed by atoms with E-state index in [2.05, 4.69) is 15.6 Å². The fourth-order valence-corrected chi connectivity index (χ4v) is 2.40. The van der Waals surface area contributed by atoms with E-state index in [4.69, 9.17) is 28.3 Å². The standard InChI is InChI=1S/C10H16Cl2N4O2S/c1-2-14-9-7(11)6-8(12)10(16-9)15-4-3-5-19(13,17)18/h6H,2-5H2,1H3,(H2,13,17,18)(H2,14,15,16). The van der Waals surface area contributed by atoms with E-state index in [0.29, 0.717) is 41.2 Å². The molecule has 4 N–H and O–H groups in total. The average Bonchev–Trinajstić information content (AvgIpc) is 2.28. The van der Waals surface area contributed by atoms with Crippen LogP contribution in [0.5, 0.6) is 0 Å². The number of primary sulfonamides is 1. The third kappa shape index (κ3) is 5.82. The largest absolute Gasteiger partial charge is 0.369 e. The van der Waals surface area contributed by atoms with Crippen molar-refractivity contribution in [2.24, 2.45) is 5.14 Å². The molecule has 1 heterocycles. The van der Waals surface area contributed by atoms with Crippen LogP contribution in [0.1, 0.15) is 13.3 Å². The van der Waals surface area contributed by atoms with Gasteiger partial charge in [0.25, 0.3) is 0 Å². The number of aromatic nitrogens is 1. The van der Waals surface area contributed by atoms with Crippen LogP contribution in [0.15, 0.2) is 6.07 Å². The monoisotopic (exact) mass is 326 g/mol. The summed E-state index contributed by atoms with van der Waals surface area (Å²) in [7, 11) is -3.44. The number of hydrogen-bond donors (Lipinski definition) is 3. The highest BCUT2D eigenvalue weighted by molar-refractivity contribution is 7.89. The van der Waals surface area contributed by atoms with Gasteiger partial charge in [0.15, 0.2) is 0 Å². The molecule has 0 aliphatic rings. The highest BCUT2D eigenvalue weighted by atomic mass is 35.5. The van der Waals surface area contributed by atoms with Gasteiger partial charge in [-0.05, 0) is 19.4 Å². The number of rotatable bonds is 7. The minimum absolute atomic E-state index is 0.0920. The quantitative estimate of drug-likeness (QED) is 0.665. The predicted molar refractivity (Wildman–Crippen MR) is 79.5 cm³/mol. The Morgan fingerprint density at radius 2 is 1.84 bits per heavy atom. The lowest BCUT2D eigenvalue weighted by atomic mass is 10.4. The number of nitrogens with two attached hydrogens (primary N) is 1. The summed E-state index contributed by atoms with van der Waals surface area (Å²) < 4.78 is 21.5. The van der Waals surface area contributed by atoms with E-state index in [9.17, 15) is 8.42 Å². The molecule has 0 spiro atoms. The van der Waals surface area contributed by atoms with Crippen LogP contribution in [-0.4, -0.2) is 32.2 Å². The molecule has 0 aromatic carbocycles. The third-order valence-corrected chi connectivity index (χ3v) is 3.61. The highest BCUT2D eigenvalue weighted by Crippen LogP contribution is 2.28. The van der Waals surface area contributed by atoms with E-state index in [-0.39, 0.29) is 5.75 Å². The van der Waals surface area contributed by atoms with Gasteiger partial charge in [-0.1, -0.05) is 23.2 Å². The summed E-state index contributed by atoms with van der Waals surface area (Å²) >= 11 is 12.0. The van der Waals surface area contributed by atoms with Crippen molar-refractivity contribution in [2.75, 3.05) is 29.5 Å². The van der Waals surface area contributed by atoms with Crippen molar-refractivity contribution < 1.29 is 8.42 Å². The van der Waals surface area contributed by atoms with Gasteiger partial charge in [-0.25, -0.2) is 18.5 Å². The lowest BCUT2D eigenvalue weighted by Crippen LogP contribution is -2.19. The third-order valence-electron chi connectivity index (χ3n) is 2.17. The molecule has 19 heavy (non-hydrogen) atoms. The maximum Gasteiger partial charge on any atom is 0.209 e. The van der Waals surface area contributed by atoms with Gasteiger partial charge in [-0.15, -0.1) is 0 Å². The molecule has 0 amide bonds. The molecule has 1 aromatic heterocycles. The summed E-state index contributed by atoms with van der Waals surface area (Å²) in [5, 5.41) is 11.7. The van der Waals surface area contributed by atoms with Gasteiger partial charge in [-0.3, -0.25) is 0 Å². The van der Waals surface area contributed by atoms with Gasteiger partial charge in [0.2, 0.25) is 10.0 Å². The van der Waals surface area contributed by atoms with Crippen molar-refractivity contribution in [1.82, 2.24) is 4.98 Å². The Morgan fingerprint density at radius 3 is 2.37 bits per heavy atom. The molecule has 9 heteroatoms.